The molecule has 1 aliphatic carbocycles. The Morgan fingerprint density at radius 1 is 1.29 bits per heavy atom. The van der Waals surface area contributed by atoms with E-state index in [-0.39, 0.29) is 0 Å². The zero-order valence-electron chi connectivity index (χ0n) is 8.72. The van der Waals surface area contributed by atoms with Gasteiger partial charge in [-0.05, 0) is 25.7 Å². The van der Waals surface area contributed by atoms with Crippen molar-refractivity contribution in [1.82, 2.24) is 4.90 Å². The second kappa shape index (κ2) is 4.60. The van der Waals surface area contributed by atoms with Crippen molar-refractivity contribution in [3.05, 3.63) is 12.4 Å². The molecule has 0 saturated heterocycles. The maximum Gasteiger partial charge on any atom is 0.0572 e. The van der Waals surface area contributed by atoms with Crippen LogP contribution in [-0.4, -0.2) is 36.9 Å². The molecule has 0 spiro atoms. The van der Waals surface area contributed by atoms with Crippen LogP contribution < -0.4 is 0 Å². The molecule has 2 rings (SSSR count). The Morgan fingerprint density at radius 3 is 2.64 bits per heavy atom. The molecule has 0 aromatic heterocycles. The Bertz CT molecular complexity index is 229. The minimum atomic E-state index is 0.494. The minimum absolute atomic E-state index is 0.494. The fourth-order valence-corrected chi connectivity index (χ4v) is 2.27. The summed E-state index contributed by atoms with van der Waals surface area (Å²) in [6, 6.07) is 0.699. The van der Waals surface area contributed by atoms with Crippen LogP contribution in [0.5, 0.6) is 0 Å². The third kappa shape index (κ3) is 2.15. The van der Waals surface area contributed by atoms with E-state index in [0.29, 0.717) is 12.1 Å². The van der Waals surface area contributed by atoms with Gasteiger partial charge < -0.3 is 9.64 Å². The number of rotatable bonds is 2. The lowest BCUT2D eigenvalue weighted by Gasteiger charge is -2.35. The lowest BCUT2D eigenvalue weighted by Crippen LogP contribution is -2.37. The predicted molar refractivity (Wildman–Crippen MR) is 57.4 cm³/mol. The highest BCUT2D eigenvalue weighted by Crippen LogP contribution is 2.25. The molecule has 0 N–H and O–H groups in total. The molecule has 78 valence electrons. The Balaban J connectivity index is 1.83. The first-order valence-corrected chi connectivity index (χ1v) is 5.37. The molecule has 0 aromatic carbocycles. The molecule has 0 radical (unpaired) electrons. The highest BCUT2D eigenvalue weighted by Gasteiger charge is 2.24. The van der Waals surface area contributed by atoms with E-state index >= 15 is 0 Å². The molecule has 1 saturated carbocycles. The van der Waals surface area contributed by atoms with Gasteiger partial charge in [-0.2, -0.15) is 0 Å². The Hall–Kier alpha value is -0.830. The van der Waals surface area contributed by atoms with Gasteiger partial charge in [0, 0.05) is 31.8 Å². The first-order chi connectivity index (χ1) is 6.90. The van der Waals surface area contributed by atoms with Gasteiger partial charge >= 0.3 is 0 Å². The molecule has 1 aliphatic heterocycles. The van der Waals surface area contributed by atoms with Gasteiger partial charge in [-0.3, -0.25) is 4.99 Å². The maximum absolute atomic E-state index is 5.36. The van der Waals surface area contributed by atoms with Crippen LogP contribution >= 0.6 is 0 Å². The summed E-state index contributed by atoms with van der Waals surface area (Å²) in [5.41, 5.74) is 0. The molecule has 0 unspecified atom stereocenters. The lowest BCUT2D eigenvalue weighted by molar-refractivity contribution is 0.0500. The quantitative estimate of drug-likeness (QED) is 0.669. The number of aliphatic imine (C=N–C) groups is 1. The van der Waals surface area contributed by atoms with Crippen LogP contribution in [0.1, 0.15) is 25.7 Å². The molecule has 1 fully saturated rings. The van der Waals surface area contributed by atoms with E-state index in [0.717, 1.165) is 6.54 Å². The van der Waals surface area contributed by atoms with Crippen molar-refractivity contribution in [2.24, 2.45) is 4.99 Å². The smallest absolute Gasteiger partial charge is 0.0572 e. The second-order valence-corrected chi connectivity index (χ2v) is 3.99. The van der Waals surface area contributed by atoms with E-state index in [1.54, 1.807) is 0 Å². The number of hydrogen-bond donors (Lipinski definition) is 0. The monoisotopic (exact) mass is 194 g/mol. The van der Waals surface area contributed by atoms with Crippen molar-refractivity contribution in [3.63, 3.8) is 0 Å². The summed E-state index contributed by atoms with van der Waals surface area (Å²) < 4.78 is 5.36. The average Bonchev–Trinajstić information content (AvgIpc) is 2.30. The van der Waals surface area contributed by atoms with Crippen LogP contribution in [0.3, 0.4) is 0 Å². The van der Waals surface area contributed by atoms with Gasteiger partial charge in [0.05, 0.1) is 12.6 Å². The van der Waals surface area contributed by atoms with Crippen molar-refractivity contribution in [2.45, 2.75) is 37.8 Å². The molecule has 3 heteroatoms. The summed E-state index contributed by atoms with van der Waals surface area (Å²) >= 11 is 0. The summed E-state index contributed by atoms with van der Waals surface area (Å²) in [6.07, 6.45) is 11.3. The van der Waals surface area contributed by atoms with E-state index in [9.17, 15) is 0 Å². The largest absolute Gasteiger partial charge is 0.381 e. The van der Waals surface area contributed by atoms with Gasteiger partial charge in [0.2, 0.25) is 0 Å². The number of ether oxygens (including phenoxy) is 1. The molecule has 1 heterocycles. The van der Waals surface area contributed by atoms with Crippen LogP contribution in [0.25, 0.3) is 0 Å². The SMILES string of the molecule is COC1CCC(N2C=CN=CC2)CC1. The van der Waals surface area contributed by atoms with Gasteiger partial charge in [-0.1, -0.05) is 0 Å². The third-order valence-electron chi connectivity index (χ3n) is 3.19. The molecule has 3 nitrogen and oxygen atoms in total. The highest BCUT2D eigenvalue weighted by atomic mass is 16.5. The molecular weight excluding hydrogens is 176 g/mol. The molecule has 0 aromatic rings. The van der Waals surface area contributed by atoms with Crippen molar-refractivity contribution in [1.29, 1.82) is 0 Å². The van der Waals surface area contributed by atoms with Crippen LogP contribution in [0.15, 0.2) is 17.4 Å². The summed E-state index contributed by atoms with van der Waals surface area (Å²) in [5, 5.41) is 0. The summed E-state index contributed by atoms with van der Waals surface area (Å²) in [5.74, 6) is 0. The zero-order chi connectivity index (χ0) is 9.80. The van der Waals surface area contributed by atoms with E-state index in [4.69, 9.17) is 4.74 Å². The predicted octanol–water partition coefficient (Wildman–Crippen LogP) is 1.80. The van der Waals surface area contributed by atoms with Crippen molar-refractivity contribution in [3.8, 4) is 0 Å². The standard InChI is InChI=1S/C11H18N2O/c1-14-11-4-2-10(3-5-11)13-8-6-12-7-9-13/h6-8,10-11H,2-5,9H2,1H3. The van der Waals surface area contributed by atoms with Crippen molar-refractivity contribution >= 4 is 6.21 Å². The van der Waals surface area contributed by atoms with Gasteiger partial charge in [-0.15, -0.1) is 0 Å². The minimum Gasteiger partial charge on any atom is -0.381 e. The van der Waals surface area contributed by atoms with Gasteiger partial charge in [0.15, 0.2) is 0 Å². The summed E-state index contributed by atoms with van der Waals surface area (Å²) in [7, 11) is 1.82. The first-order valence-electron chi connectivity index (χ1n) is 5.37. The van der Waals surface area contributed by atoms with Gasteiger partial charge in [-0.25, -0.2) is 0 Å². The first kappa shape index (κ1) is 9.71. The molecule has 0 atom stereocenters. The van der Waals surface area contributed by atoms with Gasteiger partial charge in [0.1, 0.15) is 0 Å². The Morgan fingerprint density at radius 2 is 2.07 bits per heavy atom. The van der Waals surface area contributed by atoms with Crippen LogP contribution in [0.2, 0.25) is 0 Å². The molecule has 2 aliphatic rings. The maximum atomic E-state index is 5.36. The van der Waals surface area contributed by atoms with E-state index in [1.807, 2.05) is 19.5 Å². The van der Waals surface area contributed by atoms with Crippen molar-refractivity contribution < 1.29 is 4.74 Å². The molecule has 0 amide bonds. The Labute approximate surface area is 85.5 Å². The molecule has 14 heavy (non-hydrogen) atoms. The number of nitrogens with zero attached hydrogens (tertiary/aromatic N) is 2. The van der Waals surface area contributed by atoms with E-state index in [2.05, 4.69) is 16.1 Å². The third-order valence-corrected chi connectivity index (χ3v) is 3.19. The fourth-order valence-electron chi connectivity index (χ4n) is 2.27. The average molecular weight is 194 g/mol. The van der Waals surface area contributed by atoms with Crippen molar-refractivity contribution in [2.75, 3.05) is 13.7 Å². The second-order valence-electron chi connectivity index (χ2n) is 3.99. The zero-order valence-corrected chi connectivity index (χ0v) is 8.72. The fraction of sp³-hybridized carbons (Fsp3) is 0.727. The molecular formula is C11H18N2O. The van der Waals surface area contributed by atoms with Crippen LogP contribution in [0, 0.1) is 0 Å². The van der Waals surface area contributed by atoms with E-state index < -0.39 is 0 Å². The highest BCUT2D eigenvalue weighted by molar-refractivity contribution is 5.61. The normalized spacial score (nSPS) is 32.2. The van der Waals surface area contributed by atoms with Crippen LogP contribution in [-0.2, 0) is 4.74 Å². The van der Waals surface area contributed by atoms with Gasteiger partial charge in [0.25, 0.3) is 0 Å². The Kier molecular flexibility index (Phi) is 3.19. The topological polar surface area (TPSA) is 24.8 Å². The lowest BCUT2D eigenvalue weighted by atomic mass is 9.92. The number of methoxy groups -OCH3 is 1. The summed E-state index contributed by atoms with van der Waals surface area (Å²) in [6.45, 7) is 0.971. The summed E-state index contributed by atoms with van der Waals surface area (Å²) in [4.78, 5) is 6.47. The number of hydrogen-bond acceptors (Lipinski definition) is 3. The van der Waals surface area contributed by atoms with E-state index in [1.165, 1.54) is 25.7 Å². The molecule has 0 bridgehead atoms. The van der Waals surface area contributed by atoms with Crippen LogP contribution in [0.4, 0.5) is 0 Å².